The van der Waals surface area contributed by atoms with Gasteiger partial charge in [0.05, 0.1) is 30.3 Å². The van der Waals surface area contributed by atoms with E-state index < -0.39 is 0 Å². The number of anilines is 1. The lowest BCUT2D eigenvalue weighted by molar-refractivity contribution is 0.122. The summed E-state index contributed by atoms with van der Waals surface area (Å²) in [6.07, 6.45) is 2.63. The van der Waals surface area contributed by atoms with Crippen molar-refractivity contribution in [2.45, 2.75) is 33.1 Å². The molecule has 1 fully saturated rings. The summed E-state index contributed by atoms with van der Waals surface area (Å²) in [7, 11) is 0. The van der Waals surface area contributed by atoms with E-state index in [1.807, 2.05) is 12.1 Å². The van der Waals surface area contributed by atoms with E-state index in [0.717, 1.165) is 48.3 Å². The minimum Gasteiger partial charge on any atom is -0.378 e. The van der Waals surface area contributed by atoms with Gasteiger partial charge in [-0.3, -0.25) is 4.79 Å². The average Bonchev–Trinajstić information content (AvgIpc) is 2.79. The molecule has 1 atom stereocenters. The maximum atomic E-state index is 13.3. The molecule has 2 aromatic carbocycles. The molecule has 2 heterocycles. The summed E-state index contributed by atoms with van der Waals surface area (Å²) in [5.74, 6) is 0.795. The highest BCUT2D eigenvalue weighted by molar-refractivity contribution is 9.10. The first-order valence-corrected chi connectivity index (χ1v) is 11.5. The first-order valence-electron chi connectivity index (χ1n) is 10.7. The second-order valence-corrected chi connectivity index (χ2v) is 8.86. The standard InChI is InChI=1S/C24H27BrN4O2/c1-4-16(2)23-27-22-8-6-19(25)14-21(22)24(30)29(23)26-15-18-5-7-20(13-17(18)3)28-9-11-31-12-10-28/h5-8,13-16H,4,9-12H2,1-3H3/t16-/m0/s1. The molecule has 0 spiro atoms. The predicted octanol–water partition coefficient (Wildman–Crippen LogP) is 4.70. The van der Waals surface area contributed by atoms with E-state index in [1.165, 1.54) is 10.4 Å². The van der Waals surface area contributed by atoms with Crippen LogP contribution in [0.1, 0.15) is 43.1 Å². The predicted molar refractivity (Wildman–Crippen MR) is 130 cm³/mol. The Hall–Kier alpha value is -2.51. The third-order valence-corrected chi connectivity index (χ3v) is 6.32. The second-order valence-electron chi connectivity index (χ2n) is 7.94. The van der Waals surface area contributed by atoms with Crippen LogP contribution in [-0.4, -0.2) is 42.2 Å². The minimum absolute atomic E-state index is 0.114. The largest absolute Gasteiger partial charge is 0.378 e. The van der Waals surface area contributed by atoms with Crippen LogP contribution in [0.5, 0.6) is 0 Å². The number of hydrogen-bond acceptors (Lipinski definition) is 5. The quantitative estimate of drug-likeness (QED) is 0.494. The van der Waals surface area contributed by atoms with Crippen molar-refractivity contribution in [3.8, 4) is 0 Å². The van der Waals surface area contributed by atoms with Crippen molar-refractivity contribution in [3.63, 3.8) is 0 Å². The maximum Gasteiger partial charge on any atom is 0.282 e. The molecular formula is C24H27BrN4O2. The van der Waals surface area contributed by atoms with E-state index in [1.54, 1.807) is 12.3 Å². The van der Waals surface area contributed by atoms with Crippen molar-refractivity contribution in [1.82, 2.24) is 9.66 Å². The Morgan fingerprint density at radius 2 is 2.00 bits per heavy atom. The van der Waals surface area contributed by atoms with Crippen LogP contribution in [0, 0.1) is 6.92 Å². The van der Waals surface area contributed by atoms with Crippen LogP contribution < -0.4 is 10.5 Å². The molecule has 162 valence electrons. The third kappa shape index (κ3) is 4.57. The number of aryl methyl sites for hydroxylation is 1. The Morgan fingerprint density at radius 1 is 1.23 bits per heavy atom. The lowest BCUT2D eigenvalue weighted by atomic mass is 10.1. The van der Waals surface area contributed by atoms with Crippen molar-refractivity contribution >= 4 is 38.7 Å². The molecule has 1 aromatic heterocycles. The summed E-state index contributed by atoms with van der Waals surface area (Å²) < 4.78 is 7.75. The van der Waals surface area contributed by atoms with Crippen LogP contribution in [0.15, 0.2) is 50.8 Å². The summed E-state index contributed by atoms with van der Waals surface area (Å²) in [5.41, 5.74) is 3.82. The number of benzene rings is 2. The van der Waals surface area contributed by atoms with E-state index in [-0.39, 0.29) is 11.5 Å². The van der Waals surface area contributed by atoms with Crippen molar-refractivity contribution in [3.05, 3.63) is 68.2 Å². The summed E-state index contributed by atoms with van der Waals surface area (Å²) in [5, 5.41) is 5.15. The highest BCUT2D eigenvalue weighted by atomic mass is 79.9. The first kappa shape index (κ1) is 21.7. The van der Waals surface area contributed by atoms with Crippen LogP contribution in [-0.2, 0) is 4.74 Å². The lowest BCUT2D eigenvalue weighted by Crippen LogP contribution is -2.36. The Kier molecular flexibility index (Phi) is 6.53. The number of ether oxygens (including phenoxy) is 1. The molecule has 0 bridgehead atoms. The zero-order chi connectivity index (χ0) is 22.0. The molecule has 6 nitrogen and oxygen atoms in total. The smallest absolute Gasteiger partial charge is 0.282 e. The molecule has 4 rings (SSSR count). The van der Waals surface area contributed by atoms with Crippen LogP contribution in [0.4, 0.5) is 5.69 Å². The Balaban J connectivity index is 1.73. The highest BCUT2D eigenvalue weighted by Crippen LogP contribution is 2.22. The topological polar surface area (TPSA) is 59.7 Å². The number of aromatic nitrogens is 2. The molecule has 1 saturated heterocycles. The first-order chi connectivity index (χ1) is 15.0. The summed E-state index contributed by atoms with van der Waals surface area (Å²) >= 11 is 3.45. The molecule has 0 saturated carbocycles. The van der Waals surface area contributed by atoms with Gasteiger partial charge in [0.15, 0.2) is 0 Å². The van der Waals surface area contributed by atoms with E-state index >= 15 is 0 Å². The Labute approximate surface area is 190 Å². The summed E-state index contributed by atoms with van der Waals surface area (Å²) in [6, 6.07) is 11.9. The van der Waals surface area contributed by atoms with E-state index in [4.69, 9.17) is 9.72 Å². The number of halogens is 1. The van der Waals surface area contributed by atoms with Gasteiger partial charge in [0.25, 0.3) is 5.56 Å². The van der Waals surface area contributed by atoms with Gasteiger partial charge in [-0.2, -0.15) is 9.78 Å². The van der Waals surface area contributed by atoms with Gasteiger partial charge < -0.3 is 9.64 Å². The molecule has 7 heteroatoms. The van der Waals surface area contributed by atoms with Gasteiger partial charge in [-0.25, -0.2) is 4.98 Å². The molecule has 0 unspecified atom stereocenters. The Bertz CT molecular complexity index is 1180. The van der Waals surface area contributed by atoms with E-state index in [2.05, 4.69) is 64.9 Å². The number of morpholine rings is 1. The highest BCUT2D eigenvalue weighted by Gasteiger charge is 2.16. The van der Waals surface area contributed by atoms with Crippen LogP contribution in [0.3, 0.4) is 0 Å². The Morgan fingerprint density at radius 3 is 2.71 bits per heavy atom. The lowest BCUT2D eigenvalue weighted by Gasteiger charge is -2.29. The second kappa shape index (κ2) is 9.32. The van der Waals surface area contributed by atoms with Gasteiger partial charge in [0.2, 0.25) is 0 Å². The maximum absolute atomic E-state index is 13.3. The van der Waals surface area contributed by atoms with Crippen LogP contribution in [0.2, 0.25) is 0 Å². The van der Waals surface area contributed by atoms with Gasteiger partial charge in [-0.1, -0.05) is 35.8 Å². The summed E-state index contributed by atoms with van der Waals surface area (Å²) in [4.78, 5) is 20.4. The fourth-order valence-corrected chi connectivity index (χ4v) is 4.08. The minimum atomic E-state index is -0.152. The van der Waals surface area contributed by atoms with Crippen molar-refractivity contribution < 1.29 is 4.74 Å². The van der Waals surface area contributed by atoms with Crippen LogP contribution in [0.25, 0.3) is 10.9 Å². The number of nitrogens with zero attached hydrogens (tertiary/aromatic N) is 4. The molecule has 0 N–H and O–H groups in total. The molecule has 3 aromatic rings. The fourth-order valence-electron chi connectivity index (χ4n) is 3.72. The molecule has 1 aliphatic rings. The van der Waals surface area contributed by atoms with Crippen molar-refractivity contribution in [1.29, 1.82) is 0 Å². The molecule has 0 amide bonds. The van der Waals surface area contributed by atoms with Crippen molar-refractivity contribution in [2.75, 3.05) is 31.2 Å². The van der Waals surface area contributed by atoms with Gasteiger partial charge in [-0.15, -0.1) is 0 Å². The SMILES string of the molecule is CC[C@H](C)c1nc2ccc(Br)cc2c(=O)n1N=Cc1ccc(N2CCOCC2)cc1C. The fraction of sp³-hybridized carbons (Fsp3) is 0.375. The number of rotatable bonds is 5. The normalized spacial score (nSPS) is 15.7. The van der Waals surface area contributed by atoms with Gasteiger partial charge >= 0.3 is 0 Å². The average molecular weight is 483 g/mol. The van der Waals surface area contributed by atoms with Gasteiger partial charge in [0.1, 0.15) is 5.82 Å². The van der Waals surface area contributed by atoms with Gasteiger partial charge in [-0.05, 0) is 54.8 Å². The van der Waals surface area contributed by atoms with Gasteiger partial charge in [0, 0.05) is 29.2 Å². The zero-order valence-electron chi connectivity index (χ0n) is 18.1. The van der Waals surface area contributed by atoms with E-state index in [0.29, 0.717) is 16.7 Å². The number of hydrogen-bond donors (Lipinski definition) is 0. The van der Waals surface area contributed by atoms with E-state index in [9.17, 15) is 4.79 Å². The molecule has 1 aliphatic heterocycles. The molecule has 0 radical (unpaired) electrons. The number of fused-ring (bicyclic) bond motifs is 1. The third-order valence-electron chi connectivity index (χ3n) is 5.83. The molecular weight excluding hydrogens is 456 g/mol. The summed E-state index contributed by atoms with van der Waals surface area (Å²) in [6.45, 7) is 9.55. The zero-order valence-corrected chi connectivity index (χ0v) is 19.7. The van der Waals surface area contributed by atoms with Crippen LogP contribution >= 0.6 is 15.9 Å². The van der Waals surface area contributed by atoms with Crippen molar-refractivity contribution in [2.24, 2.45) is 5.10 Å². The molecule has 31 heavy (non-hydrogen) atoms. The molecule has 0 aliphatic carbocycles. The monoisotopic (exact) mass is 482 g/mol.